The maximum Gasteiger partial charge on any atom is 0.416 e. The number of benzene rings is 2. The molecule has 2 aliphatic heterocycles. The third kappa shape index (κ3) is 2.95. The van der Waals surface area contributed by atoms with E-state index in [4.69, 9.17) is 0 Å². The number of hydrogen-bond acceptors (Lipinski definition) is 3. The Hall–Kier alpha value is -2.55. The number of nitrogens with zero attached hydrogens (tertiary/aromatic N) is 2. The van der Waals surface area contributed by atoms with Crippen LogP contribution >= 0.6 is 11.8 Å². The van der Waals surface area contributed by atoms with Crippen molar-refractivity contribution >= 4 is 29.4 Å². The van der Waals surface area contributed by atoms with Gasteiger partial charge in [-0.15, -0.1) is 11.8 Å². The van der Waals surface area contributed by atoms with Crippen molar-refractivity contribution in [2.75, 3.05) is 10.7 Å². The summed E-state index contributed by atoms with van der Waals surface area (Å²) in [6, 6.07) is 8.30. The third-order valence-electron chi connectivity index (χ3n) is 4.53. The van der Waals surface area contributed by atoms with Gasteiger partial charge in [0.25, 0.3) is 5.91 Å². The van der Waals surface area contributed by atoms with Crippen LogP contribution < -0.4 is 4.90 Å². The fourth-order valence-electron chi connectivity index (χ4n) is 3.21. The van der Waals surface area contributed by atoms with Gasteiger partial charge in [-0.1, -0.05) is 12.1 Å². The van der Waals surface area contributed by atoms with Crippen molar-refractivity contribution in [3.05, 3.63) is 65.5 Å². The lowest BCUT2D eigenvalue weighted by Crippen LogP contribution is -2.33. The van der Waals surface area contributed by atoms with Crippen molar-refractivity contribution in [2.24, 2.45) is 0 Å². The normalized spacial score (nSPS) is 22.5. The molecule has 0 aromatic heterocycles. The first-order chi connectivity index (χ1) is 12.8. The number of fused-ring (bicyclic) bond motifs is 1. The van der Waals surface area contributed by atoms with Crippen LogP contribution in [0.15, 0.2) is 48.5 Å². The van der Waals surface area contributed by atoms with Crippen LogP contribution in [0.2, 0.25) is 0 Å². The number of thioether (sulfide) groups is 1. The van der Waals surface area contributed by atoms with Crippen LogP contribution in [0.1, 0.15) is 16.5 Å². The summed E-state index contributed by atoms with van der Waals surface area (Å²) in [7, 11) is 0. The molecule has 2 aromatic carbocycles. The minimum absolute atomic E-state index is 0.261. The Morgan fingerprint density at radius 1 is 0.963 bits per heavy atom. The van der Waals surface area contributed by atoms with Gasteiger partial charge in [-0.25, -0.2) is 14.1 Å². The summed E-state index contributed by atoms with van der Waals surface area (Å²) in [4.78, 5) is 27.9. The molecule has 2 unspecified atom stereocenters. The Labute approximate surface area is 155 Å². The Bertz CT molecular complexity index is 899. The summed E-state index contributed by atoms with van der Waals surface area (Å²) in [6.07, 6.45) is -4.44. The van der Waals surface area contributed by atoms with Crippen molar-refractivity contribution < 1.29 is 27.2 Å². The van der Waals surface area contributed by atoms with E-state index in [1.807, 2.05) is 0 Å². The van der Waals surface area contributed by atoms with Crippen LogP contribution in [0, 0.1) is 5.82 Å². The van der Waals surface area contributed by atoms with Gasteiger partial charge in [0, 0.05) is 5.75 Å². The average Bonchev–Trinajstić information content (AvgIpc) is 3.16. The van der Waals surface area contributed by atoms with E-state index < -0.39 is 40.9 Å². The zero-order chi connectivity index (χ0) is 19.3. The van der Waals surface area contributed by atoms with Crippen LogP contribution in [0.4, 0.5) is 28.0 Å². The van der Waals surface area contributed by atoms with E-state index in [9.17, 15) is 27.2 Å². The number of anilines is 1. The molecule has 0 spiro atoms. The molecule has 0 N–H and O–H groups in total. The molecular weight excluding hydrogens is 384 g/mol. The molecule has 2 aromatic rings. The molecule has 2 atom stereocenters. The largest absolute Gasteiger partial charge is 0.416 e. The SMILES string of the molecule is O=C1C2CSC(c3ccc(C(F)(F)F)cc3)N2C(=O)N1c1ccc(F)cc1. The van der Waals surface area contributed by atoms with Crippen LogP contribution in [-0.4, -0.2) is 28.6 Å². The molecule has 0 aliphatic carbocycles. The van der Waals surface area contributed by atoms with Crippen LogP contribution in [0.5, 0.6) is 0 Å². The fourth-order valence-corrected chi connectivity index (χ4v) is 4.63. The van der Waals surface area contributed by atoms with E-state index in [0.717, 1.165) is 29.2 Å². The second kappa shape index (κ2) is 6.26. The predicted molar refractivity (Wildman–Crippen MR) is 91.6 cm³/mol. The van der Waals surface area contributed by atoms with Crippen molar-refractivity contribution in [2.45, 2.75) is 17.6 Å². The lowest BCUT2D eigenvalue weighted by Gasteiger charge is -2.23. The summed E-state index contributed by atoms with van der Waals surface area (Å²) in [5, 5.41) is -0.556. The lowest BCUT2D eigenvalue weighted by atomic mass is 10.1. The first kappa shape index (κ1) is 17.8. The quantitative estimate of drug-likeness (QED) is 0.557. The fraction of sp³-hybridized carbons (Fsp3) is 0.222. The molecule has 9 heteroatoms. The highest BCUT2D eigenvalue weighted by Gasteiger charge is 2.53. The van der Waals surface area contributed by atoms with Gasteiger partial charge in [-0.2, -0.15) is 13.2 Å². The summed E-state index contributed by atoms with van der Waals surface area (Å²) in [5.74, 6) is -0.571. The summed E-state index contributed by atoms with van der Waals surface area (Å²) < 4.78 is 51.4. The first-order valence-electron chi connectivity index (χ1n) is 7.98. The molecule has 140 valence electrons. The van der Waals surface area contributed by atoms with Crippen molar-refractivity contribution in [1.82, 2.24) is 4.90 Å². The van der Waals surface area contributed by atoms with Crippen LogP contribution in [0.3, 0.4) is 0 Å². The Balaban J connectivity index is 1.63. The second-order valence-electron chi connectivity index (χ2n) is 6.16. The highest BCUT2D eigenvalue weighted by Crippen LogP contribution is 2.46. The number of rotatable bonds is 2. The molecule has 0 radical (unpaired) electrons. The molecule has 3 amide bonds. The zero-order valence-electron chi connectivity index (χ0n) is 13.6. The Kier molecular flexibility index (Phi) is 4.14. The standard InChI is InChI=1S/C18H12F4N2O2S/c19-12-5-7-13(8-6-12)23-15(25)14-9-27-16(24(14)17(23)26)10-1-3-11(4-2-10)18(20,21)22/h1-8,14,16H,9H2. The molecule has 2 heterocycles. The Morgan fingerprint density at radius 3 is 2.19 bits per heavy atom. The number of carbonyl (C=O) groups excluding carboxylic acids is 2. The van der Waals surface area contributed by atoms with E-state index in [-0.39, 0.29) is 5.69 Å². The molecule has 0 saturated carbocycles. The van der Waals surface area contributed by atoms with Gasteiger partial charge < -0.3 is 0 Å². The molecule has 4 rings (SSSR count). The number of carbonyl (C=O) groups is 2. The topological polar surface area (TPSA) is 40.6 Å². The van der Waals surface area contributed by atoms with Gasteiger partial charge in [0.15, 0.2) is 0 Å². The third-order valence-corrected chi connectivity index (χ3v) is 5.85. The van der Waals surface area contributed by atoms with Gasteiger partial charge >= 0.3 is 12.2 Å². The number of hydrogen-bond donors (Lipinski definition) is 0. The van der Waals surface area contributed by atoms with E-state index >= 15 is 0 Å². The van der Waals surface area contributed by atoms with Crippen molar-refractivity contribution in [1.29, 1.82) is 0 Å². The van der Waals surface area contributed by atoms with Gasteiger partial charge in [0.2, 0.25) is 0 Å². The molecule has 27 heavy (non-hydrogen) atoms. The van der Waals surface area contributed by atoms with Gasteiger partial charge in [-0.05, 0) is 42.0 Å². The summed E-state index contributed by atoms with van der Waals surface area (Å²) in [5.41, 5.74) is -0.00265. The highest BCUT2D eigenvalue weighted by atomic mass is 32.2. The van der Waals surface area contributed by atoms with Gasteiger partial charge in [-0.3, -0.25) is 9.69 Å². The van der Waals surface area contributed by atoms with Crippen LogP contribution in [-0.2, 0) is 11.0 Å². The first-order valence-corrected chi connectivity index (χ1v) is 9.03. The number of urea groups is 1. The van der Waals surface area contributed by atoms with E-state index in [2.05, 4.69) is 0 Å². The minimum atomic E-state index is -4.44. The van der Waals surface area contributed by atoms with Gasteiger partial charge in [0.1, 0.15) is 17.2 Å². The summed E-state index contributed by atoms with van der Waals surface area (Å²) in [6.45, 7) is 0. The van der Waals surface area contributed by atoms with E-state index in [0.29, 0.717) is 11.3 Å². The van der Waals surface area contributed by atoms with Crippen molar-refractivity contribution in [3.63, 3.8) is 0 Å². The van der Waals surface area contributed by atoms with Crippen molar-refractivity contribution in [3.8, 4) is 0 Å². The molecule has 2 aliphatic rings. The average molecular weight is 396 g/mol. The summed E-state index contributed by atoms with van der Waals surface area (Å²) >= 11 is 1.32. The maximum absolute atomic E-state index is 13.1. The number of imide groups is 1. The van der Waals surface area contributed by atoms with E-state index in [1.165, 1.54) is 40.9 Å². The smallest absolute Gasteiger partial charge is 0.295 e. The molecule has 2 saturated heterocycles. The predicted octanol–water partition coefficient (Wildman–Crippen LogP) is 4.43. The highest BCUT2D eigenvalue weighted by molar-refractivity contribution is 7.99. The molecular formula is C18H12F4N2O2S. The number of amides is 3. The second-order valence-corrected chi connectivity index (χ2v) is 7.27. The number of halogens is 4. The minimum Gasteiger partial charge on any atom is -0.295 e. The van der Waals surface area contributed by atoms with Gasteiger partial charge in [0.05, 0.1) is 11.3 Å². The monoisotopic (exact) mass is 396 g/mol. The maximum atomic E-state index is 13.1. The number of alkyl halides is 3. The van der Waals surface area contributed by atoms with E-state index in [1.54, 1.807) is 0 Å². The molecule has 2 fully saturated rings. The molecule has 0 bridgehead atoms. The lowest BCUT2D eigenvalue weighted by molar-refractivity contribution is -0.137. The Morgan fingerprint density at radius 2 is 1.59 bits per heavy atom. The zero-order valence-corrected chi connectivity index (χ0v) is 14.4. The van der Waals surface area contributed by atoms with Crippen LogP contribution in [0.25, 0.3) is 0 Å². The molecule has 4 nitrogen and oxygen atoms in total.